The van der Waals surface area contributed by atoms with Crippen LogP contribution in [-0.4, -0.2) is 45.5 Å². The normalized spacial score (nSPS) is 25.7. The number of nitrogens with one attached hydrogen (secondary N) is 2. The monoisotopic (exact) mass is 406 g/mol. The molecular weight excluding hydrogens is 388 g/mol. The van der Waals surface area contributed by atoms with E-state index < -0.39 is 11.2 Å². The van der Waals surface area contributed by atoms with E-state index in [0.29, 0.717) is 12.1 Å². The van der Waals surface area contributed by atoms with E-state index in [4.69, 9.17) is 0 Å². The molecule has 0 aromatic carbocycles. The number of carbonyl (C=O) groups is 1. The molecule has 0 radical (unpaired) electrons. The number of H-pyrrole nitrogens is 1. The Morgan fingerprint density at radius 3 is 2.57 bits per heavy atom. The Hall–Kier alpha value is -1.12. The lowest BCUT2D eigenvalue weighted by molar-refractivity contribution is -0.133. The summed E-state index contributed by atoms with van der Waals surface area (Å²) in [7, 11) is 1.80. The van der Waals surface area contributed by atoms with Crippen LogP contribution < -0.4 is 16.6 Å². The fraction of sp³-hybridized carbons (Fsp3) is 0.643. The molecule has 9 heteroatoms. The molecule has 2 unspecified atom stereocenters. The zero-order valence-corrected chi connectivity index (χ0v) is 15.2. The van der Waals surface area contributed by atoms with Crippen LogP contribution in [0.4, 0.5) is 0 Å². The highest BCUT2D eigenvalue weighted by Gasteiger charge is 2.36. The van der Waals surface area contributed by atoms with Gasteiger partial charge in [0.15, 0.2) is 0 Å². The van der Waals surface area contributed by atoms with Crippen molar-refractivity contribution in [1.29, 1.82) is 0 Å². The second kappa shape index (κ2) is 7.19. The third-order valence-corrected chi connectivity index (χ3v) is 5.23. The number of amides is 1. The Morgan fingerprint density at radius 2 is 1.96 bits per heavy atom. The molecule has 128 valence electrons. The lowest BCUT2D eigenvalue weighted by atomic mass is 9.98. The number of likely N-dealkylation sites (N-methyl/N-ethyl adjacent to an activating group) is 1. The molecule has 3 rings (SSSR count). The summed E-state index contributed by atoms with van der Waals surface area (Å²) < 4.78 is 1.46. The van der Waals surface area contributed by atoms with Gasteiger partial charge >= 0.3 is 5.69 Å². The molecule has 0 spiro atoms. The van der Waals surface area contributed by atoms with Gasteiger partial charge in [0, 0.05) is 31.4 Å². The Bertz CT molecular complexity index is 692. The number of halogens is 2. The van der Waals surface area contributed by atoms with E-state index in [9.17, 15) is 14.4 Å². The lowest BCUT2D eigenvalue weighted by Gasteiger charge is -2.35. The van der Waals surface area contributed by atoms with Gasteiger partial charge in [0.2, 0.25) is 5.91 Å². The number of hydrogen-bond acceptors (Lipinski definition) is 4. The second-order valence-electron chi connectivity index (χ2n) is 6.13. The molecule has 0 aliphatic carbocycles. The first-order valence-electron chi connectivity index (χ1n) is 7.45. The molecule has 2 atom stereocenters. The highest BCUT2D eigenvalue weighted by Crippen LogP contribution is 2.29. The van der Waals surface area contributed by atoms with E-state index in [2.05, 4.69) is 26.2 Å². The average Bonchev–Trinajstić information content (AvgIpc) is 2.82. The minimum Gasteiger partial charge on any atom is -0.341 e. The predicted octanol–water partition coefficient (Wildman–Crippen LogP) is 0.462. The first-order valence-corrected chi connectivity index (χ1v) is 8.24. The van der Waals surface area contributed by atoms with Crippen LogP contribution in [0, 0.1) is 0 Å². The SMILES string of the molecule is CN(C(=O)Cn1cc(Br)c(=O)[nH]c1=O)C1CC2CCC(C1)N2.Cl. The average molecular weight is 408 g/mol. The Balaban J connectivity index is 0.00000192. The quantitative estimate of drug-likeness (QED) is 0.762. The van der Waals surface area contributed by atoms with Gasteiger partial charge in [-0.2, -0.15) is 0 Å². The number of piperidine rings is 1. The number of fused-ring (bicyclic) bond motifs is 2. The smallest absolute Gasteiger partial charge is 0.328 e. The predicted molar refractivity (Wildman–Crippen MR) is 92.0 cm³/mol. The zero-order valence-electron chi connectivity index (χ0n) is 12.8. The van der Waals surface area contributed by atoms with Crippen molar-refractivity contribution in [2.24, 2.45) is 0 Å². The number of hydrogen-bond donors (Lipinski definition) is 2. The summed E-state index contributed by atoms with van der Waals surface area (Å²) in [6, 6.07) is 1.22. The molecule has 1 aromatic heterocycles. The first-order chi connectivity index (χ1) is 10.4. The van der Waals surface area contributed by atoms with Crippen molar-refractivity contribution in [2.75, 3.05) is 7.05 Å². The van der Waals surface area contributed by atoms with E-state index >= 15 is 0 Å². The number of rotatable bonds is 3. The van der Waals surface area contributed by atoms with Crippen LogP contribution in [0.2, 0.25) is 0 Å². The summed E-state index contributed by atoms with van der Waals surface area (Å²) >= 11 is 3.07. The molecule has 2 aliphatic heterocycles. The van der Waals surface area contributed by atoms with E-state index in [1.807, 2.05) is 0 Å². The summed E-state index contributed by atoms with van der Waals surface area (Å²) in [6.45, 7) is -0.0655. The third-order valence-electron chi connectivity index (χ3n) is 4.66. The van der Waals surface area contributed by atoms with Gasteiger partial charge < -0.3 is 10.2 Å². The molecule has 2 fully saturated rings. The Kier molecular flexibility index (Phi) is 5.70. The summed E-state index contributed by atoms with van der Waals surface area (Å²) in [4.78, 5) is 39.4. The molecule has 3 heterocycles. The van der Waals surface area contributed by atoms with Crippen molar-refractivity contribution in [3.05, 3.63) is 31.5 Å². The lowest BCUT2D eigenvalue weighted by Crippen LogP contribution is -2.49. The fourth-order valence-electron chi connectivity index (χ4n) is 3.40. The van der Waals surface area contributed by atoms with Gasteiger partial charge in [0.1, 0.15) is 6.54 Å². The highest BCUT2D eigenvalue weighted by molar-refractivity contribution is 9.10. The van der Waals surface area contributed by atoms with Crippen LogP contribution in [0.1, 0.15) is 25.7 Å². The van der Waals surface area contributed by atoms with Gasteiger partial charge in [-0.25, -0.2) is 4.79 Å². The van der Waals surface area contributed by atoms with Crippen molar-refractivity contribution in [2.45, 2.75) is 50.4 Å². The van der Waals surface area contributed by atoms with Crippen LogP contribution in [0.25, 0.3) is 0 Å². The molecular formula is C14H20BrClN4O3. The molecule has 2 bridgehead atoms. The maximum absolute atomic E-state index is 12.4. The van der Waals surface area contributed by atoms with Gasteiger partial charge in [-0.1, -0.05) is 0 Å². The van der Waals surface area contributed by atoms with Gasteiger partial charge in [-0.3, -0.25) is 19.1 Å². The van der Waals surface area contributed by atoms with Gasteiger partial charge in [0.05, 0.1) is 4.47 Å². The molecule has 7 nitrogen and oxygen atoms in total. The summed E-state index contributed by atoms with van der Waals surface area (Å²) in [6.07, 6.45) is 5.63. The Morgan fingerprint density at radius 1 is 1.35 bits per heavy atom. The number of aromatic nitrogens is 2. The van der Waals surface area contributed by atoms with E-state index in [0.717, 1.165) is 12.8 Å². The summed E-state index contributed by atoms with van der Waals surface area (Å²) in [5.74, 6) is -0.118. The van der Waals surface area contributed by atoms with Gasteiger partial charge in [-0.05, 0) is 41.6 Å². The zero-order chi connectivity index (χ0) is 15.9. The molecule has 1 amide bonds. The molecule has 2 N–H and O–H groups in total. The van der Waals surface area contributed by atoms with Crippen LogP contribution in [0.15, 0.2) is 20.3 Å². The summed E-state index contributed by atoms with van der Waals surface area (Å²) in [5, 5.41) is 3.55. The topological polar surface area (TPSA) is 87.2 Å². The van der Waals surface area contributed by atoms with Crippen molar-refractivity contribution in [3.63, 3.8) is 0 Å². The van der Waals surface area contributed by atoms with Crippen LogP contribution in [0.5, 0.6) is 0 Å². The van der Waals surface area contributed by atoms with Crippen molar-refractivity contribution < 1.29 is 4.79 Å². The van der Waals surface area contributed by atoms with Crippen LogP contribution >= 0.6 is 28.3 Å². The van der Waals surface area contributed by atoms with Crippen molar-refractivity contribution in [1.82, 2.24) is 19.8 Å². The maximum atomic E-state index is 12.4. The van der Waals surface area contributed by atoms with E-state index in [1.54, 1.807) is 11.9 Å². The number of nitrogens with zero attached hydrogens (tertiary/aromatic N) is 2. The van der Waals surface area contributed by atoms with Crippen LogP contribution in [0.3, 0.4) is 0 Å². The standard InChI is InChI=1S/C14H19BrN4O3.ClH/c1-18(10-4-8-2-3-9(5-10)16-8)12(20)7-19-6-11(15)13(21)17-14(19)22;/h6,8-10,16H,2-5,7H2,1H3,(H,17,21,22);1H. The largest absolute Gasteiger partial charge is 0.341 e. The van der Waals surface area contributed by atoms with Crippen LogP contribution in [-0.2, 0) is 11.3 Å². The maximum Gasteiger partial charge on any atom is 0.328 e. The number of carbonyl (C=O) groups excluding carboxylic acids is 1. The van der Waals surface area contributed by atoms with Gasteiger partial charge in [0.25, 0.3) is 5.56 Å². The molecule has 23 heavy (non-hydrogen) atoms. The van der Waals surface area contributed by atoms with Gasteiger partial charge in [-0.15, -0.1) is 12.4 Å². The first kappa shape index (κ1) is 18.2. The second-order valence-corrected chi connectivity index (χ2v) is 6.99. The fourth-order valence-corrected chi connectivity index (χ4v) is 3.75. The van der Waals surface area contributed by atoms with Crippen molar-refractivity contribution in [3.8, 4) is 0 Å². The van der Waals surface area contributed by atoms with E-state index in [1.165, 1.54) is 23.6 Å². The Labute approximate surface area is 148 Å². The highest BCUT2D eigenvalue weighted by atomic mass is 79.9. The molecule has 2 saturated heterocycles. The summed E-state index contributed by atoms with van der Waals surface area (Å²) in [5.41, 5.74) is -1.06. The van der Waals surface area contributed by atoms with E-state index in [-0.39, 0.29) is 35.4 Å². The molecule has 2 aliphatic rings. The number of aromatic amines is 1. The third kappa shape index (κ3) is 3.87. The minimum atomic E-state index is -0.569. The van der Waals surface area contributed by atoms with Crippen molar-refractivity contribution >= 4 is 34.2 Å². The molecule has 1 aromatic rings. The minimum absolute atomic E-state index is 0. The molecule has 0 saturated carbocycles.